The van der Waals surface area contributed by atoms with E-state index in [4.69, 9.17) is 4.52 Å². The molecule has 3 rings (SSSR count). The Hall–Kier alpha value is -3.16. The van der Waals surface area contributed by atoms with E-state index in [1.165, 1.54) is 18.2 Å². The van der Waals surface area contributed by atoms with E-state index in [-0.39, 0.29) is 37.3 Å². The number of aryl methyl sites for hydroxylation is 1. The van der Waals surface area contributed by atoms with Crippen molar-refractivity contribution in [1.29, 1.82) is 0 Å². The van der Waals surface area contributed by atoms with Crippen LogP contribution in [-0.2, 0) is 17.6 Å². The van der Waals surface area contributed by atoms with E-state index in [0.29, 0.717) is 17.4 Å². The number of hydrogen-bond acceptors (Lipinski definition) is 5. The number of halogens is 2. The summed E-state index contributed by atoms with van der Waals surface area (Å²) in [5.41, 5.74) is 0.545. The van der Waals surface area contributed by atoms with Crippen LogP contribution in [0.5, 0.6) is 0 Å². The quantitative estimate of drug-likeness (QED) is 0.702. The number of aromatic nitrogens is 3. The van der Waals surface area contributed by atoms with Gasteiger partial charge in [-0.05, 0) is 30.7 Å². The van der Waals surface area contributed by atoms with E-state index in [1.807, 2.05) is 6.07 Å². The molecule has 0 bridgehead atoms. The molecule has 0 aliphatic heterocycles. The Kier molecular flexibility index (Phi) is 5.62. The number of carbonyl (C=O) groups excluding carboxylic acids is 1. The van der Waals surface area contributed by atoms with E-state index in [2.05, 4.69) is 20.4 Å². The van der Waals surface area contributed by atoms with Gasteiger partial charge in [0.25, 0.3) is 0 Å². The van der Waals surface area contributed by atoms with Crippen LogP contribution in [0, 0.1) is 11.6 Å². The fraction of sp³-hybridized carbons (Fsp3) is 0.222. The molecule has 1 N–H and O–H groups in total. The zero-order valence-corrected chi connectivity index (χ0v) is 13.8. The third-order valence-electron chi connectivity index (χ3n) is 3.69. The molecule has 0 fully saturated rings. The molecule has 0 aliphatic rings. The highest BCUT2D eigenvalue weighted by atomic mass is 19.1. The molecule has 26 heavy (non-hydrogen) atoms. The molecule has 134 valence electrons. The minimum Gasteiger partial charge on any atom is -0.356 e. The van der Waals surface area contributed by atoms with Crippen molar-refractivity contribution in [2.75, 3.05) is 6.54 Å². The van der Waals surface area contributed by atoms with Crippen molar-refractivity contribution in [1.82, 2.24) is 20.4 Å². The molecule has 0 aliphatic carbocycles. The summed E-state index contributed by atoms with van der Waals surface area (Å²) in [6.45, 7) is 0.139. The number of hydrogen-bond donors (Lipinski definition) is 1. The Balaban J connectivity index is 1.45. The van der Waals surface area contributed by atoms with Gasteiger partial charge in [0.05, 0.1) is 0 Å². The van der Waals surface area contributed by atoms with Crippen LogP contribution in [0.4, 0.5) is 8.78 Å². The molecular formula is C18H16F2N4O2. The molecule has 1 amide bonds. The van der Waals surface area contributed by atoms with Gasteiger partial charge in [-0.25, -0.2) is 8.78 Å². The fourth-order valence-corrected chi connectivity index (χ4v) is 2.36. The lowest BCUT2D eigenvalue weighted by Crippen LogP contribution is -2.26. The Morgan fingerprint density at radius 3 is 2.62 bits per heavy atom. The lowest BCUT2D eigenvalue weighted by Gasteiger charge is -2.06. The van der Waals surface area contributed by atoms with Gasteiger partial charge in [-0.1, -0.05) is 17.3 Å². The maximum atomic E-state index is 13.5. The molecule has 2 heterocycles. The first-order chi connectivity index (χ1) is 12.6. The van der Waals surface area contributed by atoms with Crippen LogP contribution >= 0.6 is 0 Å². The standard InChI is InChI=1S/C18H16F2N4O2/c19-13-4-3-5-14(20)12(13)9-11-22-16(25)7-8-17-23-18(24-26-17)15-6-1-2-10-21-15/h1-6,10H,7-9,11H2,(H,22,25). The molecule has 2 aromatic heterocycles. The molecule has 0 spiro atoms. The average Bonchev–Trinajstić information content (AvgIpc) is 3.12. The van der Waals surface area contributed by atoms with Gasteiger partial charge in [-0.2, -0.15) is 4.98 Å². The predicted octanol–water partition coefficient (Wildman–Crippen LogP) is 2.70. The number of nitrogens with one attached hydrogen (secondary N) is 1. The minimum absolute atomic E-state index is 0.0373. The minimum atomic E-state index is -0.618. The van der Waals surface area contributed by atoms with Crippen LogP contribution in [0.1, 0.15) is 17.9 Å². The molecule has 0 saturated carbocycles. The molecule has 6 nitrogen and oxygen atoms in total. The summed E-state index contributed by atoms with van der Waals surface area (Å²) in [5.74, 6) is -0.823. The van der Waals surface area contributed by atoms with E-state index in [0.717, 1.165) is 0 Å². The Labute approximate surface area is 148 Å². The van der Waals surface area contributed by atoms with Crippen molar-refractivity contribution in [3.05, 3.63) is 65.7 Å². The molecule has 0 radical (unpaired) electrons. The van der Waals surface area contributed by atoms with Crippen LogP contribution in [0.15, 0.2) is 47.1 Å². The number of amides is 1. The first-order valence-corrected chi connectivity index (χ1v) is 8.07. The van der Waals surface area contributed by atoms with E-state index >= 15 is 0 Å². The van der Waals surface area contributed by atoms with Gasteiger partial charge in [0.2, 0.25) is 17.6 Å². The Bertz CT molecular complexity index is 864. The summed E-state index contributed by atoms with van der Waals surface area (Å²) >= 11 is 0. The van der Waals surface area contributed by atoms with Gasteiger partial charge in [0, 0.05) is 31.1 Å². The summed E-state index contributed by atoms with van der Waals surface area (Å²) < 4.78 is 32.1. The van der Waals surface area contributed by atoms with E-state index in [1.54, 1.807) is 18.3 Å². The third-order valence-corrected chi connectivity index (χ3v) is 3.69. The summed E-state index contributed by atoms with van der Waals surface area (Å²) in [5, 5.41) is 6.44. The second kappa shape index (κ2) is 8.28. The van der Waals surface area contributed by atoms with Crippen molar-refractivity contribution in [3.8, 4) is 11.5 Å². The van der Waals surface area contributed by atoms with Crippen molar-refractivity contribution in [3.63, 3.8) is 0 Å². The van der Waals surface area contributed by atoms with Crippen molar-refractivity contribution in [2.45, 2.75) is 19.3 Å². The first kappa shape index (κ1) is 17.7. The Morgan fingerprint density at radius 1 is 1.08 bits per heavy atom. The molecule has 8 heteroatoms. The molecule has 0 saturated heterocycles. The van der Waals surface area contributed by atoms with Gasteiger partial charge in [-0.15, -0.1) is 0 Å². The summed E-state index contributed by atoms with van der Waals surface area (Å²) in [7, 11) is 0. The third kappa shape index (κ3) is 4.47. The normalized spacial score (nSPS) is 10.7. The van der Waals surface area contributed by atoms with Gasteiger partial charge < -0.3 is 9.84 Å². The smallest absolute Gasteiger partial charge is 0.227 e. The lowest BCUT2D eigenvalue weighted by atomic mass is 10.1. The summed E-state index contributed by atoms with van der Waals surface area (Å²) in [6, 6.07) is 9.02. The predicted molar refractivity (Wildman–Crippen MR) is 88.9 cm³/mol. The maximum absolute atomic E-state index is 13.5. The fourth-order valence-electron chi connectivity index (χ4n) is 2.36. The number of pyridine rings is 1. The number of carbonyl (C=O) groups is 1. The largest absolute Gasteiger partial charge is 0.356 e. The second-order valence-corrected chi connectivity index (χ2v) is 5.53. The van der Waals surface area contributed by atoms with Crippen molar-refractivity contribution < 1.29 is 18.1 Å². The van der Waals surface area contributed by atoms with Crippen LogP contribution in [0.25, 0.3) is 11.5 Å². The monoisotopic (exact) mass is 358 g/mol. The van der Waals surface area contributed by atoms with Crippen molar-refractivity contribution in [2.24, 2.45) is 0 Å². The topological polar surface area (TPSA) is 80.9 Å². The SMILES string of the molecule is O=C(CCc1nc(-c2ccccn2)no1)NCCc1c(F)cccc1F. The number of rotatable bonds is 7. The zero-order valence-electron chi connectivity index (χ0n) is 13.8. The van der Waals surface area contributed by atoms with Crippen LogP contribution in [0.2, 0.25) is 0 Å². The second-order valence-electron chi connectivity index (χ2n) is 5.53. The molecule has 3 aromatic rings. The van der Waals surface area contributed by atoms with Gasteiger partial charge >= 0.3 is 0 Å². The maximum Gasteiger partial charge on any atom is 0.227 e. The Morgan fingerprint density at radius 2 is 1.88 bits per heavy atom. The van der Waals surface area contributed by atoms with Gasteiger partial charge in [0.1, 0.15) is 17.3 Å². The molecule has 0 atom stereocenters. The van der Waals surface area contributed by atoms with Gasteiger partial charge in [-0.3, -0.25) is 9.78 Å². The molecule has 0 unspecified atom stereocenters. The van der Waals surface area contributed by atoms with E-state index < -0.39 is 11.6 Å². The summed E-state index contributed by atoms with van der Waals surface area (Å²) in [6.07, 6.45) is 2.09. The number of nitrogens with zero attached hydrogens (tertiary/aromatic N) is 3. The van der Waals surface area contributed by atoms with E-state index in [9.17, 15) is 13.6 Å². The van der Waals surface area contributed by atoms with Crippen LogP contribution < -0.4 is 5.32 Å². The first-order valence-electron chi connectivity index (χ1n) is 8.07. The average molecular weight is 358 g/mol. The summed E-state index contributed by atoms with van der Waals surface area (Å²) in [4.78, 5) is 20.2. The molecule has 1 aromatic carbocycles. The van der Waals surface area contributed by atoms with Crippen LogP contribution in [0.3, 0.4) is 0 Å². The van der Waals surface area contributed by atoms with Gasteiger partial charge in [0.15, 0.2) is 0 Å². The van der Waals surface area contributed by atoms with Crippen molar-refractivity contribution >= 4 is 5.91 Å². The van der Waals surface area contributed by atoms with Crippen LogP contribution in [-0.4, -0.2) is 27.6 Å². The number of benzene rings is 1. The highest BCUT2D eigenvalue weighted by Crippen LogP contribution is 2.13. The highest BCUT2D eigenvalue weighted by Gasteiger charge is 2.12. The molecular weight excluding hydrogens is 342 g/mol. The lowest BCUT2D eigenvalue weighted by molar-refractivity contribution is -0.121. The zero-order chi connectivity index (χ0) is 18.4. The highest BCUT2D eigenvalue weighted by molar-refractivity contribution is 5.76.